The van der Waals surface area contributed by atoms with E-state index in [0.29, 0.717) is 0 Å². The molecule has 1 rings (SSSR count). The van der Waals surface area contributed by atoms with Crippen molar-refractivity contribution in [1.82, 2.24) is 0 Å². The van der Waals surface area contributed by atoms with E-state index < -0.39 is 24.4 Å². The fourth-order valence-corrected chi connectivity index (χ4v) is 0.893. The Labute approximate surface area is 67.5 Å². The zero-order valence-corrected chi connectivity index (χ0v) is 6.10. The van der Waals surface area contributed by atoms with Crippen LogP contribution in [0.4, 0.5) is 13.2 Å². The van der Waals surface area contributed by atoms with Crippen molar-refractivity contribution in [2.75, 3.05) is 0 Å². The molecule has 0 fully saturated rings. The van der Waals surface area contributed by atoms with Crippen LogP contribution in [-0.4, -0.2) is 5.11 Å². The van der Waals surface area contributed by atoms with Crippen molar-refractivity contribution >= 4 is 0 Å². The first-order valence-corrected chi connectivity index (χ1v) is 3.32. The quantitative estimate of drug-likeness (QED) is 0.732. The van der Waals surface area contributed by atoms with Gasteiger partial charge in [0.1, 0.15) is 5.82 Å². The molecule has 0 radical (unpaired) electrons. The summed E-state index contributed by atoms with van der Waals surface area (Å²) in [6.07, 6.45) is -2.70. The van der Waals surface area contributed by atoms with Crippen molar-refractivity contribution in [2.24, 2.45) is 0 Å². The summed E-state index contributed by atoms with van der Waals surface area (Å²) in [4.78, 5) is 0. The minimum Gasteiger partial charge on any atom is -0.392 e. The highest BCUT2D eigenvalue weighted by molar-refractivity contribution is 5.24. The van der Waals surface area contributed by atoms with Gasteiger partial charge in [0.05, 0.1) is 6.61 Å². The third-order valence-electron chi connectivity index (χ3n) is 1.41. The lowest BCUT2D eigenvalue weighted by atomic mass is 10.1. The standard InChI is InChI=1S/C8H7F3O/c9-7-2-5(4-12)1-6(3-7)8(10)11/h1-3,8,12H,4H2. The Balaban J connectivity index is 3.06. The fourth-order valence-electron chi connectivity index (χ4n) is 0.893. The second-order valence-electron chi connectivity index (χ2n) is 2.35. The number of aliphatic hydroxyl groups is 1. The lowest BCUT2D eigenvalue weighted by molar-refractivity contribution is 0.150. The van der Waals surface area contributed by atoms with Crippen LogP contribution in [0.3, 0.4) is 0 Å². The van der Waals surface area contributed by atoms with Gasteiger partial charge in [0.2, 0.25) is 0 Å². The van der Waals surface area contributed by atoms with Gasteiger partial charge in [-0.3, -0.25) is 0 Å². The molecule has 1 nitrogen and oxygen atoms in total. The summed E-state index contributed by atoms with van der Waals surface area (Å²) >= 11 is 0. The summed E-state index contributed by atoms with van der Waals surface area (Å²) < 4.78 is 36.6. The maximum absolute atomic E-state index is 12.5. The van der Waals surface area contributed by atoms with E-state index in [2.05, 4.69) is 0 Å². The molecular weight excluding hydrogens is 169 g/mol. The van der Waals surface area contributed by atoms with Gasteiger partial charge in [-0.2, -0.15) is 0 Å². The van der Waals surface area contributed by atoms with Gasteiger partial charge in [0, 0.05) is 5.56 Å². The minimum absolute atomic E-state index is 0.158. The highest BCUT2D eigenvalue weighted by atomic mass is 19.3. The highest BCUT2D eigenvalue weighted by Crippen LogP contribution is 2.20. The van der Waals surface area contributed by atoms with Crippen LogP contribution in [0.2, 0.25) is 0 Å². The van der Waals surface area contributed by atoms with Crippen molar-refractivity contribution in [3.05, 3.63) is 35.1 Å². The molecule has 12 heavy (non-hydrogen) atoms. The van der Waals surface area contributed by atoms with Crippen LogP contribution in [0, 0.1) is 5.82 Å². The number of alkyl halides is 2. The molecule has 0 spiro atoms. The lowest BCUT2D eigenvalue weighted by Gasteiger charge is -2.02. The molecule has 0 heterocycles. The number of halogens is 3. The number of rotatable bonds is 2. The number of hydrogen-bond acceptors (Lipinski definition) is 1. The topological polar surface area (TPSA) is 20.2 Å². The number of hydrogen-bond donors (Lipinski definition) is 1. The lowest BCUT2D eigenvalue weighted by Crippen LogP contribution is -1.91. The van der Waals surface area contributed by atoms with Crippen LogP contribution in [0.15, 0.2) is 18.2 Å². The van der Waals surface area contributed by atoms with Crippen molar-refractivity contribution in [2.45, 2.75) is 13.0 Å². The normalized spacial score (nSPS) is 10.8. The molecule has 1 N–H and O–H groups in total. The van der Waals surface area contributed by atoms with E-state index >= 15 is 0 Å². The first-order chi connectivity index (χ1) is 5.63. The van der Waals surface area contributed by atoms with Crippen molar-refractivity contribution in [1.29, 1.82) is 0 Å². The van der Waals surface area contributed by atoms with Gasteiger partial charge < -0.3 is 5.11 Å². The van der Waals surface area contributed by atoms with Crippen LogP contribution in [0.1, 0.15) is 17.6 Å². The molecule has 0 saturated heterocycles. The van der Waals surface area contributed by atoms with Crippen LogP contribution in [0.25, 0.3) is 0 Å². The van der Waals surface area contributed by atoms with Gasteiger partial charge in [-0.25, -0.2) is 13.2 Å². The molecule has 0 aliphatic carbocycles. The SMILES string of the molecule is OCc1cc(F)cc(C(F)F)c1. The predicted molar refractivity (Wildman–Crippen MR) is 37.3 cm³/mol. The van der Waals surface area contributed by atoms with Gasteiger partial charge in [0.15, 0.2) is 0 Å². The summed E-state index contributed by atoms with van der Waals surface area (Å²) in [6, 6.07) is 2.85. The molecular formula is C8H7F3O. The Kier molecular flexibility index (Phi) is 2.70. The van der Waals surface area contributed by atoms with E-state index in [4.69, 9.17) is 5.11 Å². The Morgan fingerprint density at radius 1 is 1.25 bits per heavy atom. The first-order valence-electron chi connectivity index (χ1n) is 3.32. The number of aliphatic hydroxyl groups excluding tert-OH is 1. The second-order valence-corrected chi connectivity index (χ2v) is 2.35. The molecule has 1 aromatic carbocycles. The zero-order chi connectivity index (χ0) is 9.14. The Hall–Kier alpha value is -1.03. The molecule has 1 aromatic rings. The molecule has 0 bridgehead atoms. The molecule has 66 valence electrons. The fraction of sp³-hybridized carbons (Fsp3) is 0.250. The summed E-state index contributed by atoms with van der Waals surface area (Å²) in [6.45, 7) is -0.433. The van der Waals surface area contributed by atoms with Crippen molar-refractivity contribution in [3.8, 4) is 0 Å². The van der Waals surface area contributed by atoms with Crippen LogP contribution < -0.4 is 0 Å². The average molecular weight is 176 g/mol. The first kappa shape index (κ1) is 9.06. The number of benzene rings is 1. The van der Waals surface area contributed by atoms with Gasteiger partial charge in [0.25, 0.3) is 6.43 Å². The van der Waals surface area contributed by atoms with Gasteiger partial charge >= 0.3 is 0 Å². The maximum atomic E-state index is 12.5. The molecule has 0 aliphatic heterocycles. The largest absolute Gasteiger partial charge is 0.392 e. The Bertz CT molecular complexity index is 273. The molecule has 0 saturated carbocycles. The summed E-state index contributed by atoms with van der Waals surface area (Å²) in [5.41, 5.74) is -0.246. The third-order valence-corrected chi connectivity index (χ3v) is 1.41. The third kappa shape index (κ3) is 1.98. The van der Waals surface area contributed by atoms with E-state index in [1.807, 2.05) is 0 Å². The average Bonchev–Trinajstić information content (AvgIpc) is 2.03. The summed E-state index contributed by atoms with van der Waals surface area (Å²) in [7, 11) is 0. The van der Waals surface area contributed by atoms with Crippen LogP contribution in [0.5, 0.6) is 0 Å². The zero-order valence-electron chi connectivity index (χ0n) is 6.10. The van der Waals surface area contributed by atoms with Crippen LogP contribution in [-0.2, 0) is 6.61 Å². The molecule has 0 unspecified atom stereocenters. The van der Waals surface area contributed by atoms with Gasteiger partial charge in [-0.15, -0.1) is 0 Å². The van der Waals surface area contributed by atoms with E-state index in [1.54, 1.807) is 0 Å². The van der Waals surface area contributed by atoms with E-state index in [1.165, 1.54) is 0 Å². The van der Waals surface area contributed by atoms with Crippen LogP contribution >= 0.6 is 0 Å². The molecule has 0 aromatic heterocycles. The second kappa shape index (κ2) is 3.58. The minimum atomic E-state index is -2.70. The molecule has 4 heteroatoms. The Morgan fingerprint density at radius 3 is 2.42 bits per heavy atom. The predicted octanol–water partition coefficient (Wildman–Crippen LogP) is 2.26. The van der Waals surface area contributed by atoms with Crippen molar-refractivity contribution in [3.63, 3.8) is 0 Å². The monoisotopic (exact) mass is 176 g/mol. The van der Waals surface area contributed by atoms with E-state index in [-0.39, 0.29) is 5.56 Å². The molecule has 0 amide bonds. The smallest absolute Gasteiger partial charge is 0.263 e. The van der Waals surface area contributed by atoms with Crippen molar-refractivity contribution < 1.29 is 18.3 Å². The Morgan fingerprint density at radius 2 is 1.92 bits per heavy atom. The summed E-state index contributed by atoms with van der Waals surface area (Å²) in [5.74, 6) is -0.753. The van der Waals surface area contributed by atoms with E-state index in [0.717, 1.165) is 18.2 Å². The van der Waals surface area contributed by atoms with Gasteiger partial charge in [-0.1, -0.05) is 0 Å². The molecule has 0 aliphatic rings. The van der Waals surface area contributed by atoms with Gasteiger partial charge in [-0.05, 0) is 23.8 Å². The maximum Gasteiger partial charge on any atom is 0.263 e. The summed E-state index contributed by atoms with van der Waals surface area (Å²) in [5, 5.41) is 8.56. The molecule has 0 atom stereocenters. The highest BCUT2D eigenvalue weighted by Gasteiger charge is 2.09. The van der Waals surface area contributed by atoms with E-state index in [9.17, 15) is 13.2 Å².